The van der Waals surface area contributed by atoms with Crippen molar-refractivity contribution in [2.75, 3.05) is 6.61 Å². The standard InChI is InChI=1S/C26H31F3O2/c1-3-5-17-10-11-19-14-20-13-18(9-7-16-8-12-21(6-4-2)30-15-16)22(27)24(29)26(20)31-25(19)23(17)28/h10-11,13,16,21H,3-9,12,14-15H2,1-2H3. The quantitative estimate of drug-likeness (QED) is 0.390. The zero-order valence-electron chi connectivity index (χ0n) is 18.4. The van der Waals surface area contributed by atoms with Crippen LogP contribution in [0.5, 0.6) is 11.5 Å². The molecule has 2 aromatic carbocycles. The summed E-state index contributed by atoms with van der Waals surface area (Å²) in [5, 5.41) is 0. The Kier molecular flexibility index (Phi) is 6.90. The molecule has 2 aromatic rings. The number of benzene rings is 2. The van der Waals surface area contributed by atoms with E-state index in [2.05, 4.69) is 6.92 Å². The highest BCUT2D eigenvalue weighted by Gasteiger charge is 2.29. The third kappa shape index (κ3) is 4.62. The van der Waals surface area contributed by atoms with Crippen LogP contribution in [0.4, 0.5) is 13.2 Å². The first kappa shape index (κ1) is 22.2. The first-order valence-electron chi connectivity index (χ1n) is 11.6. The van der Waals surface area contributed by atoms with E-state index >= 15 is 0 Å². The topological polar surface area (TPSA) is 18.5 Å². The summed E-state index contributed by atoms with van der Waals surface area (Å²) in [4.78, 5) is 0. The second-order valence-corrected chi connectivity index (χ2v) is 8.93. The number of hydrogen-bond acceptors (Lipinski definition) is 2. The lowest BCUT2D eigenvalue weighted by atomic mass is 9.90. The van der Waals surface area contributed by atoms with Gasteiger partial charge in [0, 0.05) is 24.2 Å². The molecule has 0 aromatic heterocycles. The molecule has 1 saturated heterocycles. The molecule has 2 atom stereocenters. The van der Waals surface area contributed by atoms with E-state index in [1.54, 1.807) is 12.1 Å². The van der Waals surface area contributed by atoms with Gasteiger partial charge in [-0.05, 0) is 61.6 Å². The van der Waals surface area contributed by atoms with E-state index in [0.717, 1.165) is 38.5 Å². The van der Waals surface area contributed by atoms with Crippen LogP contribution in [0.2, 0.25) is 0 Å². The fourth-order valence-electron chi connectivity index (χ4n) is 4.80. The summed E-state index contributed by atoms with van der Waals surface area (Å²) in [7, 11) is 0. The molecule has 0 saturated carbocycles. The summed E-state index contributed by atoms with van der Waals surface area (Å²) in [6.45, 7) is 4.81. The summed E-state index contributed by atoms with van der Waals surface area (Å²) in [6, 6.07) is 5.29. The number of fused-ring (bicyclic) bond motifs is 2. The summed E-state index contributed by atoms with van der Waals surface area (Å²) in [5.74, 6) is -2.13. The minimum atomic E-state index is -1.01. The van der Waals surface area contributed by atoms with Crippen LogP contribution in [0.25, 0.3) is 0 Å². The van der Waals surface area contributed by atoms with Crippen molar-refractivity contribution in [2.24, 2.45) is 5.92 Å². The van der Waals surface area contributed by atoms with Crippen LogP contribution in [-0.4, -0.2) is 12.7 Å². The third-order valence-electron chi connectivity index (χ3n) is 6.57. The monoisotopic (exact) mass is 432 g/mol. The molecule has 0 radical (unpaired) electrons. The van der Waals surface area contributed by atoms with Crippen LogP contribution in [0.3, 0.4) is 0 Å². The van der Waals surface area contributed by atoms with Crippen LogP contribution in [0.1, 0.15) is 74.6 Å². The maximum Gasteiger partial charge on any atom is 0.201 e. The summed E-state index contributed by atoms with van der Waals surface area (Å²) < 4.78 is 56.0. The fraction of sp³-hybridized carbons (Fsp3) is 0.538. The lowest BCUT2D eigenvalue weighted by Crippen LogP contribution is -2.26. The Balaban J connectivity index is 1.49. The average molecular weight is 433 g/mol. The van der Waals surface area contributed by atoms with Gasteiger partial charge in [0.2, 0.25) is 5.82 Å². The first-order chi connectivity index (χ1) is 15.0. The van der Waals surface area contributed by atoms with Gasteiger partial charge in [-0.3, -0.25) is 0 Å². The minimum Gasteiger partial charge on any atom is -0.450 e. The van der Waals surface area contributed by atoms with E-state index in [4.69, 9.17) is 9.47 Å². The molecule has 0 aliphatic carbocycles. The third-order valence-corrected chi connectivity index (χ3v) is 6.57. The SMILES string of the molecule is CCCc1ccc2c(c1F)Oc1c(cc(CCC3CCC(CCC)OC3)c(F)c1F)C2. The van der Waals surface area contributed by atoms with E-state index in [1.807, 2.05) is 13.0 Å². The maximum absolute atomic E-state index is 14.9. The molecule has 168 valence electrons. The molecule has 0 amide bonds. The number of aryl methyl sites for hydroxylation is 2. The zero-order valence-corrected chi connectivity index (χ0v) is 18.4. The van der Waals surface area contributed by atoms with Gasteiger partial charge in [0.25, 0.3) is 0 Å². The van der Waals surface area contributed by atoms with Gasteiger partial charge in [0.15, 0.2) is 23.1 Å². The highest BCUT2D eigenvalue weighted by Crippen LogP contribution is 2.42. The Labute approximate surface area is 182 Å². The smallest absolute Gasteiger partial charge is 0.201 e. The van der Waals surface area contributed by atoms with Crippen molar-refractivity contribution in [1.29, 1.82) is 0 Å². The van der Waals surface area contributed by atoms with Gasteiger partial charge >= 0.3 is 0 Å². The van der Waals surface area contributed by atoms with Crippen LogP contribution in [0, 0.1) is 23.4 Å². The van der Waals surface area contributed by atoms with E-state index in [0.29, 0.717) is 60.1 Å². The Morgan fingerprint density at radius 1 is 0.839 bits per heavy atom. The molecule has 0 spiro atoms. The molecular formula is C26H31F3O2. The van der Waals surface area contributed by atoms with E-state index in [1.165, 1.54) is 0 Å². The number of ether oxygens (including phenoxy) is 2. The van der Waals surface area contributed by atoms with Gasteiger partial charge in [0.1, 0.15) is 0 Å². The Hall–Kier alpha value is -2.01. The van der Waals surface area contributed by atoms with Crippen LogP contribution >= 0.6 is 0 Å². The van der Waals surface area contributed by atoms with Crippen LogP contribution < -0.4 is 4.74 Å². The molecule has 2 aliphatic rings. The van der Waals surface area contributed by atoms with Crippen LogP contribution in [-0.2, 0) is 24.0 Å². The van der Waals surface area contributed by atoms with Gasteiger partial charge < -0.3 is 9.47 Å². The van der Waals surface area contributed by atoms with Gasteiger partial charge in [0.05, 0.1) is 6.10 Å². The fourth-order valence-corrected chi connectivity index (χ4v) is 4.80. The molecule has 0 N–H and O–H groups in total. The molecule has 0 bridgehead atoms. The average Bonchev–Trinajstić information content (AvgIpc) is 2.78. The van der Waals surface area contributed by atoms with Gasteiger partial charge in [-0.2, -0.15) is 4.39 Å². The molecule has 2 heterocycles. The largest absolute Gasteiger partial charge is 0.450 e. The maximum atomic E-state index is 14.9. The van der Waals surface area contributed by atoms with Crippen molar-refractivity contribution in [3.63, 3.8) is 0 Å². The summed E-state index contributed by atoms with van der Waals surface area (Å²) in [6.07, 6.45) is 7.58. The number of rotatable bonds is 7. The molecule has 2 nitrogen and oxygen atoms in total. The van der Waals surface area contributed by atoms with Crippen molar-refractivity contribution in [2.45, 2.75) is 77.7 Å². The number of hydrogen-bond donors (Lipinski definition) is 0. The van der Waals surface area contributed by atoms with E-state index < -0.39 is 17.5 Å². The van der Waals surface area contributed by atoms with Crippen molar-refractivity contribution in [3.05, 3.63) is 57.9 Å². The molecule has 4 rings (SSSR count). The Morgan fingerprint density at radius 3 is 2.35 bits per heavy atom. The van der Waals surface area contributed by atoms with Gasteiger partial charge in [-0.25, -0.2) is 8.78 Å². The Morgan fingerprint density at radius 2 is 1.65 bits per heavy atom. The first-order valence-corrected chi connectivity index (χ1v) is 11.6. The minimum absolute atomic E-state index is 0.0329. The van der Waals surface area contributed by atoms with Crippen molar-refractivity contribution in [1.82, 2.24) is 0 Å². The summed E-state index contributed by atoms with van der Waals surface area (Å²) >= 11 is 0. The zero-order chi connectivity index (χ0) is 22.0. The van der Waals surface area contributed by atoms with E-state index in [-0.39, 0.29) is 11.5 Å². The molecule has 31 heavy (non-hydrogen) atoms. The predicted molar refractivity (Wildman–Crippen MR) is 115 cm³/mol. The van der Waals surface area contributed by atoms with E-state index in [9.17, 15) is 13.2 Å². The highest BCUT2D eigenvalue weighted by atomic mass is 19.2. The predicted octanol–water partition coefficient (Wildman–Crippen LogP) is 7.28. The number of halogens is 3. The van der Waals surface area contributed by atoms with Crippen LogP contribution in [0.15, 0.2) is 18.2 Å². The lowest BCUT2D eigenvalue weighted by molar-refractivity contribution is -0.0218. The molecule has 2 aliphatic heterocycles. The second kappa shape index (κ2) is 9.64. The molecule has 5 heteroatoms. The van der Waals surface area contributed by atoms with Crippen molar-refractivity contribution >= 4 is 0 Å². The Bertz CT molecular complexity index is 933. The van der Waals surface area contributed by atoms with Gasteiger partial charge in [-0.15, -0.1) is 0 Å². The second-order valence-electron chi connectivity index (χ2n) is 8.93. The van der Waals surface area contributed by atoms with Crippen molar-refractivity contribution in [3.8, 4) is 11.5 Å². The van der Waals surface area contributed by atoms with Gasteiger partial charge in [-0.1, -0.05) is 38.8 Å². The lowest BCUT2D eigenvalue weighted by Gasteiger charge is -2.29. The molecule has 1 fully saturated rings. The highest BCUT2D eigenvalue weighted by molar-refractivity contribution is 5.53. The molecular weight excluding hydrogens is 401 g/mol. The van der Waals surface area contributed by atoms with Crippen molar-refractivity contribution < 1.29 is 22.6 Å². The molecule has 2 unspecified atom stereocenters. The summed E-state index contributed by atoms with van der Waals surface area (Å²) in [5.41, 5.74) is 2.15. The normalized spacial score (nSPS) is 20.2.